The fourth-order valence-electron chi connectivity index (χ4n) is 0.570. The van der Waals surface area contributed by atoms with Crippen molar-refractivity contribution >= 4 is 40.5 Å². The summed E-state index contributed by atoms with van der Waals surface area (Å²) in [6.45, 7) is 0. The maximum atomic E-state index is 5.65. The summed E-state index contributed by atoms with van der Waals surface area (Å²) < 4.78 is 0. The number of rotatable bonds is 2. The van der Waals surface area contributed by atoms with Crippen molar-refractivity contribution in [3.05, 3.63) is 15.6 Å². The van der Waals surface area contributed by atoms with Gasteiger partial charge < -0.3 is 0 Å². The zero-order chi connectivity index (χ0) is 9.14. The van der Waals surface area contributed by atoms with Gasteiger partial charge in [-0.05, 0) is 11.6 Å². The maximum absolute atomic E-state index is 5.65. The topological polar surface area (TPSA) is 47.0 Å². The van der Waals surface area contributed by atoms with Gasteiger partial charge in [0.15, 0.2) is 10.3 Å². The van der Waals surface area contributed by atoms with E-state index in [4.69, 9.17) is 34.8 Å². The second-order valence-corrected chi connectivity index (χ2v) is 2.81. The molecule has 0 spiro atoms. The highest BCUT2D eigenvalue weighted by Crippen LogP contribution is 2.27. The number of hydrogen-bond acceptors (Lipinski definition) is 4. The Kier molecular flexibility index (Phi) is 3.34. The van der Waals surface area contributed by atoms with Gasteiger partial charge in [-0.2, -0.15) is 0 Å². The van der Waals surface area contributed by atoms with Crippen molar-refractivity contribution in [2.75, 3.05) is 12.6 Å². The molecule has 0 aromatic carbocycles. The molecule has 1 aromatic heterocycles. The molecule has 4 nitrogen and oxygen atoms in total. The van der Waals surface area contributed by atoms with Crippen molar-refractivity contribution in [3.63, 3.8) is 0 Å². The van der Waals surface area contributed by atoms with Crippen LogP contribution in [-0.4, -0.2) is 17.1 Å². The van der Waals surface area contributed by atoms with Crippen molar-refractivity contribution in [1.29, 1.82) is 0 Å². The first-order chi connectivity index (χ1) is 5.65. The molecule has 0 amide bonds. The Morgan fingerprint density at radius 1 is 1.17 bits per heavy atom. The Labute approximate surface area is 83.8 Å². The van der Waals surface area contributed by atoms with E-state index in [2.05, 4.69) is 20.3 Å². The highest BCUT2D eigenvalue weighted by molar-refractivity contribution is 6.38. The first kappa shape index (κ1) is 9.80. The van der Waals surface area contributed by atoms with E-state index < -0.39 is 0 Å². The molecule has 0 aliphatic rings. The van der Waals surface area contributed by atoms with Crippen molar-refractivity contribution < 1.29 is 4.84 Å². The SMILES string of the molecule is CONc1c(Cl)nc(Cl)nc1Cl. The average molecular weight is 228 g/mol. The largest absolute Gasteiger partial charge is 0.279 e. The van der Waals surface area contributed by atoms with Crippen molar-refractivity contribution in [2.24, 2.45) is 0 Å². The zero-order valence-electron chi connectivity index (χ0n) is 5.94. The van der Waals surface area contributed by atoms with Gasteiger partial charge in [0.2, 0.25) is 5.28 Å². The van der Waals surface area contributed by atoms with Crippen LogP contribution in [0.3, 0.4) is 0 Å². The molecule has 1 aromatic rings. The molecule has 12 heavy (non-hydrogen) atoms. The minimum absolute atomic E-state index is 0.00773. The van der Waals surface area contributed by atoms with Crippen LogP contribution in [0.2, 0.25) is 15.6 Å². The molecular formula is C5H4Cl3N3O. The summed E-state index contributed by atoms with van der Waals surface area (Å²) in [5, 5.41) is 0.218. The summed E-state index contributed by atoms with van der Waals surface area (Å²) in [5.74, 6) is 0. The van der Waals surface area contributed by atoms with Gasteiger partial charge >= 0.3 is 0 Å². The molecule has 1 N–H and O–H groups in total. The van der Waals surface area contributed by atoms with E-state index >= 15 is 0 Å². The number of halogens is 3. The predicted octanol–water partition coefficient (Wildman–Crippen LogP) is 2.41. The number of nitrogens with one attached hydrogen (secondary N) is 1. The van der Waals surface area contributed by atoms with E-state index in [1.165, 1.54) is 7.11 Å². The molecule has 7 heteroatoms. The smallest absolute Gasteiger partial charge is 0.225 e. The van der Waals surface area contributed by atoms with Crippen LogP contribution in [0.25, 0.3) is 0 Å². The fourth-order valence-corrected chi connectivity index (χ4v) is 1.29. The summed E-state index contributed by atoms with van der Waals surface area (Å²) >= 11 is 16.8. The highest BCUT2D eigenvalue weighted by atomic mass is 35.5. The summed E-state index contributed by atoms with van der Waals surface area (Å²) in [4.78, 5) is 11.9. The van der Waals surface area contributed by atoms with E-state index in [0.29, 0.717) is 5.69 Å². The van der Waals surface area contributed by atoms with Crippen molar-refractivity contribution in [1.82, 2.24) is 9.97 Å². The second kappa shape index (κ2) is 4.09. The van der Waals surface area contributed by atoms with Crippen molar-refractivity contribution in [3.8, 4) is 0 Å². The third-order valence-electron chi connectivity index (χ3n) is 0.998. The molecular weight excluding hydrogens is 224 g/mol. The highest BCUT2D eigenvalue weighted by Gasteiger charge is 2.09. The predicted molar refractivity (Wildman–Crippen MR) is 47.7 cm³/mol. The molecule has 0 radical (unpaired) electrons. The summed E-state index contributed by atoms with van der Waals surface area (Å²) in [7, 11) is 1.42. The number of hydrogen-bond donors (Lipinski definition) is 1. The molecule has 1 rings (SSSR count). The van der Waals surface area contributed by atoms with Crippen LogP contribution in [-0.2, 0) is 4.84 Å². The molecule has 0 saturated carbocycles. The van der Waals surface area contributed by atoms with Crippen LogP contribution in [0.1, 0.15) is 0 Å². The average Bonchev–Trinajstić information content (AvgIpc) is 1.96. The third-order valence-corrected chi connectivity index (χ3v) is 1.71. The van der Waals surface area contributed by atoms with Gasteiger partial charge in [-0.3, -0.25) is 10.3 Å². The van der Waals surface area contributed by atoms with Gasteiger partial charge in [0, 0.05) is 0 Å². The lowest BCUT2D eigenvalue weighted by Crippen LogP contribution is -2.00. The van der Waals surface area contributed by atoms with Gasteiger partial charge in [-0.15, -0.1) is 0 Å². The fraction of sp³-hybridized carbons (Fsp3) is 0.200. The summed E-state index contributed by atoms with van der Waals surface area (Å²) in [5.41, 5.74) is 2.72. The van der Waals surface area contributed by atoms with Crippen LogP contribution < -0.4 is 5.48 Å². The minimum Gasteiger partial charge on any atom is -0.279 e. The quantitative estimate of drug-likeness (QED) is 0.480. The number of aromatic nitrogens is 2. The van der Waals surface area contributed by atoms with Gasteiger partial charge in [0.05, 0.1) is 7.11 Å². The van der Waals surface area contributed by atoms with E-state index in [1.807, 2.05) is 0 Å². The van der Waals surface area contributed by atoms with Crippen LogP contribution >= 0.6 is 34.8 Å². The summed E-state index contributed by atoms with van der Waals surface area (Å²) in [6.07, 6.45) is 0. The Hall–Kier alpha value is -0.290. The Morgan fingerprint density at radius 2 is 1.67 bits per heavy atom. The lowest BCUT2D eigenvalue weighted by molar-refractivity contribution is 0.271. The maximum Gasteiger partial charge on any atom is 0.225 e. The van der Waals surface area contributed by atoms with Gasteiger partial charge in [0.25, 0.3) is 0 Å². The standard InChI is InChI=1S/C5H4Cl3N3O/c1-12-11-2-3(6)9-5(8)10-4(2)7/h11H,1H3. The normalized spacial score (nSPS) is 10.0. The van der Waals surface area contributed by atoms with E-state index in [9.17, 15) is 0 Å². The monoisotopic (exact) mass is 227 g/mol. The lowest BCUT2D eigenvalue weighted by Gasteiger charge is -2.05. The molecule has 0 aliphatic carbocycles. The molecule has 0 aliphatic heterocycles. The van der Waals surface area contributed by atoms with Crippen molar-refractivity contribution in [2.45, 2.75) is 0 Å². The number of nitrogens with zero attached hydrogens (tertiary/aromatic N) is 2. The van der Waals surface area contributed by atoms with E-state index in [0.717, 1.165) is 0 Å². The first-order valence-electron chi connectivity index (χ1n) is 2.82. The lowest BCUT2D eigenvalue weighted by atomic mass is 10.6. The van der Waals surface area contributed by atoms with Crippen LogP contribution in [0.15, 0.2) is 0 Å². The van der Waals surface area contributed by atoms with E-state index in [-0.39, 0.29) is 15.6 Å². The Morgan fingerprint density at radius 3 is 2.08 bits per heavy atom. The molecule has 1 heterocycles. The molecule has 0 fully saturated rings. The van der Waals surface area contributed by atoms with Crippen LogP contribution in [0.4, 0.5) is 5.69 Å². The third kappa shape index (κ3) is 2.10. The summed E-state index contributed by atoms with van der Waals surface area (Å²) in [6, 6.07) is 0. The van der Waals surface area contributed by atoms with Crippen LogP contribution in [0.5, 0.6) is 0 Å². The second-order valence-electron chi connectivity index (χ2n) is 1.76. The molecule has 0 bridgehead atoms. The molecule has 0 atom stereocenters. The van der Waals surface area contributed by atoms with Gasteiger partial charge in [-0.1, -0.05) is 23.2 Å². The van der Waals surface area contributed by atoms with Gasteiger partial charge in [-0.25, -0.2) is 9.97 Å². The minimum atomic E-state index is -0.00773. The van der Waals surface area contributed by atoms with Crippen LogP contribution in [0, 0.1) is 0 Å². The zero-order valence-corrected chi connectivity index (χ0v) is 8.20. The van der Waals surface area contributed by atoms with Gasteiger partial charge in [0.1, 0.15) is 5.69 Å². The first-order valence-corrected chi connectivity index (χ1v) is 3.96. The van der Waals surface area contributed by atoms with E-state index in [1.54, 1.807) is 0 Å². The Balaban J connectivity index is 3.10. The molecule has 0 unspecified atom stereocenters. The molecule has 0 saturated heterocycles. The number of anilines is 1. The molecule has 66 valence electrons. The Bertz CT molecular complexity index is 270.